The number of anilines is 2. The quantitative estimate of drug-likeness (QED) is 0.224. The predicted octanol–water partition coefficient (Wildman–Crippen LogP) is 8.46. The van der Waals surface area contributed by atoms with Gasteiger partial charge in [-0.1, -0.05) is 59.1 Å². The maximum Gasteiger partial charge on any atom is 0.326 e. The fourth-order valence-electron chi connectivity index (χ4n) is 6.03. The van der Waals surface area contributed by atoms with E-state index in [0.29, 0.717) is 23.8 Å². The number of rotatable bonds is 8. The van der Waals surface area contributed by atoms with Gasteiger partial charge in [0.2, 0.25) is 0 Å². The predicted molar refractivity (Wildman–Crippen MR) is 172 cm³/mol. The molecule has 7 heteroatoms. The van der Waals surface area contributed by atoms with E-state index in [2.05, 4.69) is 61.2 Å². The molecule has 0 atom stereocenters. The first-order valence-corrected chi connectivity index (χ1v) is 15.1. The Kier molecular flexibility index (Phi) is 8.95. The second kappa shape index (κ2) is 12.8. The molecule has 0 bridgehead atoms. The van der Waals surface area contributed by atoms with Gasteiger partial charge in [-0.25, -0.2) is 9.78 Å². The molecule has 0 spiro atoms. The standard InChI is InChI=1S/C35H42N4O3/c1-22(2)29-18-27(25-13-9-15-28(17-25)42-5)19-30(23(3)4)32(29)37-35(41)39(21-24-11-7-6-8-12-24)31-20-26-14-10-16-36-33(26)38-34(31)40/h9-10,13-20,22-24H,6-8,11-12,21H2,1-5H3,(H,37,41)(H,36,38,40). The number of hydrogen-bond donors (Lipinski definition) is 2. The van der Waals surface area contributed by atoms with Crippen molar-refractivity contribution in [1.82, 2.24) is 9.97 Å². The number of carbonyl (C=O) groups excluding carboxylic acids is 1. The molecule has 42 heavy (non-hydrogen) atoms. The van der Waals surface area contributed by atoms with Gasteiger partial charge < -0.3 is 15.0 Å². The molecule has 1 fully saturated rings. The van der Waals surface area contributed by atoms with Crippen molar-refractivity contribution < 1.29 is 9.53 Å². The van der Waals surface area contributed by atoms with E-state index >= 15 is 0 Å². The molecule has 2 amide bonds. The topological polar surface area (TPSA) is 87.3 Å². The Morgan fingerprint density at radius 2 is 1.69 bits per heavy atom. The van der Waals surface area contributed by atoms with Gasteiger partial charge in [0.05, 0.1) is 7.11 Å². The Balaban J connectivity index is 1.58. The van der Waals surface area contributed by atoms with E-state index in [0.717, 1.165) is 64.8 Å². The normalized spacial score (nSPS) is 14.0. The Hall–Kier alpha value is -4.13. The van der Waals surface area contributed by atoms with Crippen LogP contribution in [0.1, 0.15) is 82.8 Å². The third-order valence-electron chi connectivity index (χ3n) is 8.38. The maximum atomic E-state index is 14.3. The summed E-state index contributed by atoms with van der Waals surface area (Å²) in [4.78, 5) is 36.5. The van der Waals surface area contributed by atoms with Crippen LogP contribution in [0.3, 0.4) is 0 Å². The largest absolute Gasteiger partial charge is 0.497 e. The van der Waals surface area contributed by atoms with Gasteiger partial charge in [-0.15, -0.1) is 0 Å². The van der Waals surface area contributed by atoms with Crippen LogP contribution >= 0.6 is 0 Å². The smallest absolute Gasteiger partial charge is 0.326 e. The van der Waals surface area contributed by atoms with Gasteiger partial charge in [0.15, 0.2) is 0 Å². The first-order chi connectivity index (χ1) is 20.2. The Morgan fingerprint density at radius 3 is 2.36 bits per heavy atom. The van der Waals surface area contributed by atoms with Crippen molar-refractivity contribution in [2.45, 2.75) is 71.6 Å². The molecule has 0 aliphatic heterocycles. The van der Waals surface area contributed by atoms with Crippen molar-refractivity contribution in [1.29, 1.82) is 0 Å². The van der Waals surface area contributed by atoms with E-state index in [1.54, 1.807) is 24.3 Å². The van der Waals surface area contributed by atoms with E-state index in [1.165, 1.54) is 6.42 Å². The Labute approximate surface area is 248 Å². The number of fused-ring (bicyclic) bond motifs is 1. The molecule has 1 saturated carbocycles. The number of aromatic amines is 1. The van der Waals surface area contributed by atoms with Gasteiger partial charge in [-0.05, 0) is 95.3 Å². The summed E-state index contributed by atoms with van der Waals surface area (Å²) in [6.07, 6.45) is 7.29. The lowest BCUT2D eigenvalue weighted by molar-refractivity contribution is 0.254. The van der Waals surface area contributed by atoms with Crippen LogP contribution in [0.4, 0.5) is 16.2 Å². The van der Waals surface area contributed by atoms with Gasteiger partial charge in [0.25, 0.3) is 5.56 Å². The molecule has 1 aliphatic carbocycles. The lowest BCUT2D eigenvalue weighted by Crippen LogP contribution is -2.42. The van der Waals surface area contributed by atoms with E-state index in [1.807, 2.05) is 30.3 Å². The number of methoxy groups -OCH3 is 1. The molecule has 2 N–H and O–H groups in total. The van der Waals surface area contributed by atoms with Crippen LogP contribution in [-0.4, -0.2) is 29.7 Å². The monoisotopic (exact) mass is 566 g/mol. The summed E-state index contributed by atoms with van der Waals surface area (Å²) >= 11 is 0. The highest BCUT2D eigenvalue weighted by Gasteiger charge is 2.27. The minimum Gasteiger partial charge on any atom is -0.497 e. The summed E-state index contributed by atoms with van der Waals surface area (Å²) < 4.78 is 5.48. The minimum atomic E-state index is -0.311. The van der Waals surface area contributed by atoms with E-state index in [9.17, 15) is 9.59 Å². The third kappa shape index (κ3) is 6.35. The average molecular weight is 567 g/mol. The second-order valence-corrected chi connectivity index (χ2v) is 12.0. The summed E-state index contributed by atoms with van der Waals surface area (Å²) in [6, 6.07) is 17.6. The number of nitrogens with one attached hydrogen (secondary N) is 2. The van der Waals surface area contributed by atoms with Gasteiger partial charge in [-0.3, -0.25) is 9.69 Å². The highest BCUT2D eigenvalue weighted by molar-refractivity contribution is 6.03. The number of carbonyl (C=O) groups is 1. The number of pyridine rings is 2. The van der Waals surface area contributed by atoms with Crippen LogP contribution in [0.5, 0.6) is 5.75 Å². The van der Waals surface area contributed by atoms with E-state index < -0.39 is 0 Å². The van der Waals surface area contributed by atoms with Crippen molar-refractivity contribution in [3.05, 3.63) is 82.3 Å². The Bertz CT molecular complexity index is 1590. The van der Waals surface area contributed by atoms with Gasteiger partial charge in [0, 0.05) is 23.8 Å². The number of nitrogens with zero attached hydrogens (tertiary/aromatic N) is 2. The van der Waals surface area contributed by atoms with Crippen LogP contribution in [-0.2, 0) is 0 Å². The molecule has 1 aliphatic rings. The number of benzene rings is 2. The Morgan fingerprint density at radius 1 is 0.976 bits per heavy atom. The minimum absolute atomic E-state index is 0.158. The van der Waals surface area contributed by atoms with Crippen molar-refractivity contribution in [2.24, 2.45) is 5.92 Å². The van der Waals surface area contributed by atoms with Crippen LogP contribution < -0.4 is 20.5 Å². The van der Waals surface area contributed by atoms with Gasteiger partial charge >= 0.3 is 6.03 Å². The van der Waals surface area contributed by atoms with Crippen LogP contribution in [0.15, 0.2) is 65.6 Å². The second-order valence-electron chi connectivity index (χ2n) is 12.0. The molecule has 4 aromatic rings. The lowest BCUT2D eigenvalue weighted by atomic mass is 9.88. The highest BCUT2D eigenvalue weighted by atomic mass is 16.5. The molecule has 0 unspecified atom stereocenters. The molecule has 220 valence electrons. The number of urea groups is 1. The molecule has 0 radical (unpaired) electrons. The number of aromatic nitrogens is 2. The summed E-state index contributed by atoms with van der Waals surface area (Å²) in [5.74, 6) is 1.46. The molecule has 0 saturated heterocycles. The molecule has 5 rings (SSSR count). The third-order valence-corrected chi connectivity index (χ3v) is 8.38. The maximum absolute atomic E-state index is 14.3. The first kappa shape index (κ1) is 29.4. The average Bonchev–Trinajstić information content (AvgIpc) is 3.00. The lowest BCUT2D eigenvalue weighted by Gasteiger charge is -2.31. The van der Waals surface area contributed by atoms with Crippen LogP contribution in [0.2, 0.25) is 0 Å². The summed E-state index contributed by atoms with van der Waals surface area (Å²) in [5, 5.41) is 4.09. The summed E-state index contributed by atoms with van der Waals surface area (Å²) in [6.45, 7) is 9.07. The molecular weight excluding hydrogens is 524 g/mol. The van der Waals surface area contributed by atoms with Gasteiger partial charge in [-0.2, -0.15) is 0 Å². The number of amides is 2. The number of H-pyrrole nitrogens is 1. The van der Waals surface area contributed by atoms with Crippen LogP contribution in [0.25, 0.3) is 22.2 Å². The zero-order valence-corrected chi connectivity index (χ0v) is 25.4. The SMILES string of the molecule is COc1cccc(-c2cc(C(C)C)c(NC(=O)N(CC3CCCCC3)c3cc4cccnc4[nH]c3=O)c(C(C)C)c2)c1. The molecule has 2 aromatic heterocycles. The zero-order valence-electron chi connectivity index (χ0n) is 25.4. The number of ether oxygens (including phenoxy) is 1. The molecular formula is C35H42N4O3. The molecule has 7 nitrogen and oxygen atoms in total. The number of hydrogen-bond acceptors (Lipinski definition) is 4. The molecule has 2 aromatic carbocycles. The van der Waals surface area contributed by atoms with Gasteiger partial charge in [0.1, 0.15) is 17.1 Å². The van der Waals surface area contributed by atoms with Crippen molar-refractivity contribution in [2.75, 3.05) is 23.9 Å². The highest BCUT2D eigenvalue weighted by Crippen LogP contribution is 2.38. The zero-order chi connectivity index (χ0) is 29.8. The first-order valence-electron chi connectivity index (χ1n) is 15.1. The van der Waals surface area contributed by atoms with E-state index in [-0.39, 0.29) is 23.4 Å². The van der Waals surface area contributed by atoms with E-state index in [4.69, 9.17) is 4.74 Å². The fourth-order valence-corrected chi connectivity index (χ4v) is 6.03. The van der Waals surface area contributed by atoms with Crippen molar-refractivity contribution >= 4 is 28.4 Å². The molecule has 2 heterocycles. The summed E-state index contributed by atoms with van der Waals surface area (Å²) in [5.41, 5.74) is 5.63. The van der Waals surface area contributed by atoms with Crippen molar-refractivity contribution in [3.8, 4) is 16.9 Å². The fraction of sp³-hybridized carbons (Fsp3) is 0.400. The van der Waals surface area contributed by atoms with Crippen LogP contribution in [0, 0.1) is 5.92 Å². The summed E-state index contributed by atoms with van der Waals surface area (Å²) in [7, 11) is 1.67. The van der Waals surface area contributed by atoms with Crippen molar-refractivity contribution in [3.63, 3.8) is 0 Å².